The lowest BCUT2D eigenvalue weighted by molar-refractivity contribution is -0.134. The number of esters is 1. The first kappa shape index (κ1) is 12.0. The highest BCUT2D eigenvalue weighted by atomic mass is 79.9. The number of aryl methyl sites for hydroxylation is 1. The third kappa shape index (κ3) is 3.51. The fourth-order valence-corrected chi connectivity index (χ4v) is 1.72. The standard InChI is InChI=1S/C12H13BrO2/c1-9-3-4-10(11(7-9)8-13)5-6-12(14)15-2/h3-7H,8H2,1-2H3. The maximum absolute atomic E-state index is 10.9. The molecule has 0 atom stereocenters. The molecular formula is C12H13BrO2. The molecule has 0 fully saturated rings. The van der Waals surface area contributed by atoms with Gasteiger partial charge in [0.2, 0.25) is 0 Å². The van der Waals surface area contributed by atoms with Crippen LogP contribution in [0.15, 0.2) is 24.3 Å². The molecule has 1 aromatic carbocycles. The summed E-state index contributed by atoms with van der Waals surface area (Å²) in [7, 11) is 1.37. The van der Waals surface area contributed by atoms with Crippen LogP contribution in [-0.4, -0.2) is 13.1 Å². The summed E-state index contributed by atoms with van der Waals surface area (Å²) in [6.07, 6.45) is 3.19. The maximum Gasteiger partial charge on any atom is 0.330 e. The summed E-state index contributed by atoms with van der Waals surface area (Å²) in [6.45, 7) is 2.04. The molecule has 0 aliphatic heterocycles. The highest BCUT2D eigenvalue weighted by Gasteiger charge is 1.99. The van der Waals surface area contributed by atoms with E-state index in [1.54, 1.807) is 6.08 Å². The summed E-state index contributed by atoms with van der Waals surface area (Å²) in [5.74, 6) is -0.337. The first-order chi connectivity index (χ1) is 7.17. The SMILES string of the molecule is COC(=O)C=Cc1ccc(C)cc1CBr. The third-order valence-electron chi connectivity index (χ3n) is 2.04. The van der Waals surface area contributed by atoms with E-state index in [0.29, 0.717) is 0 Å². The Morgan fingerprint density at radius 1 is 1.53 bits per heavy atom. The number of alkyl halides is 1. The van der Waals surface area contributed by atoms with E-state index in [1.165, 1.54) is 18.7 Å². The molecule has 0 heterocycles. The molecule has 15 heavy (non-hydrogen) atoms. The van der Waals surface area contributed by atoms with Gasteiger partial charge in [-0.3, -0.25) is 0 Å². The fraction of sp³-hybridized carbons (Fsp3) is 0.250. The quantitative estimate of drug-likeness (QED) is 0.479. The predicted molar refractivity (Wildman–Crippen MR) is 64.9 cm³/mol. The van der Waals surface area contributed by atoms with Crippen LogP contribution in [0.5, 0.6) is 0 Å². The van der Waals surface area contributed by atoms with Crippen LogP contribution in [-0.2, 0) is 14.9 Å². The zero-order valence-corrected chi connectivity index (χ0v) is 10.4. The molecule has 0 aliphatic carbocycles. The summed E-state index contributed by atoms with van der Waals surface area (Å²) in [4.78, 5) is 10.9. The minimum Gasteiger partial charge on any atom is -0.466 e. The summed E-state index contributed by atoms with van der Waals surface area (Å²) in [5.41, 5.74) is 3.40. The first-order valence-electron chi connectivity index (χ1n) is 4.59. The zero-order valence-electron chi connectivity index (χ0n) is 8.79. The summed E-state index contributed by atoms with van der Waals surface area (Å²) in [6, 6.07) is 6.10. The van der Waals surface area contributed by atoms with Gasteiger partial charge >= 0.3 is 5.97 Å². The van der Waals surface area contributed by atoms with E-state index < -0.39 is 0 Å². The lowest BCUT2D eigenvalue weighted by atomic mass is 10.1. The fourth-order valence-electron chi connectivity index (χ4n) is 1.24. The Kier molecular flexibility index (Phi) is 4.56. The molecule has 0 unspecified atom stereocenters. The van der Waals surface area contributed by atoms with Gasteiger partial charge < -0.3 is 4.74 Å². The smallest absolute Gasteiger partial charge is 0.330 e. The van der Waals surface area contributed by atoms with E-state index in [1.807, 2.05) is 19.1 Å². The third-order valence-corrected chi connectivity index (χ3v) is 2.65. The number of rotatable bonds is 3. The van der Waals surface area contributed by atoms with Crippen LogP contribution in [0.1, 0.15) is 16.7 Å². The summed E-state index contributed by atoms with van der Waals surface area (Å²) < 4.78 is 4.53. The molecule has 0 aromatic heterocycles. The normalized spacial score (nSPS) is 10.6. The Morgan fingerprint density at radius 2 is 2.27 bits per heavy atom. The van der Waals surface area contributed by atoms with E-state index in [4.69, 9.17) is 0 Å². The van der Waals surface area contributed by atoms with Gasteiger partial charge in [0, 0.05) is 11.4 Å². The minimum atomic E-state index is -0.337. The van der Waals surface area contributed by atoms with Crippen molar-refractivity contribution in [2.24, 2.45) is 0 Å². The highest BCUT2D eigenvalue weighted by Crippen LogP contribution is 2.16. The van der Waals surface area contributed by atoms with Crippen molar-refractivity contribution >= 4 is 28.0 Å². The number of carbonyl (C=O) groups is 1. The van der Waals surface area contributed by atoms with Crippen molar-refractivity contribution in [3.05, 3.63) is 41.0 Å². The predicted octanol–water partition coefficient (Wildman–Crippen LogP) is 3.08. The van der Waals surface area contributed by atoms with Crippen LogP contribution >= 0.6 is 15.9 Å². The maximum atomic E-state index is 10.9. The monoisotopic (exact) mass is 268 g/mol. The Bertz CT molecular complexity index is 383. The lowest BCUT2D eigenvalue weighted by Gasteiger charge is -2.03. The average Bonchev–Trinajstić information content (AvgIpc) is 2.26. The van der Waals surface area contributed by atoms with Crippen molar-refractivity contribution in [2.75, 3.05) is 7.11 Å². The Morgan fingerprint density at radius 3 is 2.87 bits per heavy atom. The molecule has 3 heteroatoms. The van der Waals surface area contributed by atoms with Gasteiger partial charge in [0.25, 0.3) is 0 Å². The Balaban J connectivity index is 2.94. The lowest BCUT2D eigenvalue weighted by Crippen LogP contribution is -1.94. The van der Waals surface area contributed by atoms with Gasteiger partial charge in [0.05, 0.1) is 7.11 Å². The topological polar surface area (TPSA) is 26.3 Å². The molecule has 0 spiro atoms. The molecular weight excluding hydrogens is 256 g/mol. The number of hydrogen-bond donors (Lipinski definition) is 0. The number of methoxy groups -OCH3 is 1. The first-order valence-corrected chi connectivity index (χ1v) is 5.71. The van der Waals surface area contributed by atoms with Crippen LogP contribution in [0.2, 0.25) is 0 Å². The molecule has 0 radical (unpaired) electrons. The molecule has 0 aliphatic rings. The number of carbonyl (C=O) groups excluding carboxylic acids is 1. The van der Waals surface area contributed by atoms with E-state index in [-0.39, 0.29) is 5.97 Å². The molecule has 0 saturated heterocycles. The minimum absolute atomic E-state index is 0.337. The van der Waals surface area contributed by atoms with Crippen LogP contribution < -0.4 is 0 Å². The van der Waals surface area contributed by atoms with E-state index in [9.17, 15) is 4.79 Å². The van der Waals surface area contributed by atoms with Crippen molar-refractivity contribution < 1.29 is 9.53 Å². The van der Waals surface area contributed by atoms with Crippen molar-refractivity contribution in [2.45, 2.75) is 12.3 Å². The summed E-state index contributed by atoms with van der Waals surface area (Å²) >= 11 is 3.42. The van der Waals surface area contributed by atoms with Crippen molar-refractivity contribution in [3.63, 3.8) is 0 Å². The summed E-state index contributed by atoms with van der Waals surface area (Å²) in [5, 5.41) is 0.773. The highest BCUT2D eigenvalue weighted by molar-refractivity contribution is 9.08. The van der Waals surface area contributed by atoms with Gasteiger partial charge in [-0.05, 0) is 24.1 Å². The van der Waals surface area contributed by atoms with Crippen LogP contribution in [0.4, 0.5) is 0 Å². The van der Waals surface area contributed by atoms with E-state index >= 15 is 0 Å². The van der Waals surface area contributed by atoms with Gasteiger partial charge in [-0.15, -0.1) is 0 Å². The number of ether oxygens (including phenoxy) is 1. The number of hydrogen-bond acceptors (Lipinski definition) is 2. The average molecular weight is 269 g/mol. The van der Waals surface area contributed by atoms with Crippen molar-refractivity contribution in [1.82, 2.24) is 0 Å². The molecule has 0 saturated carbocycles. The van der Waals surface area contributed by atoms with Crippen LogP contribution in [0.3, 0.4) is 0 Å². The van der Waals surface area contributed by atoms with Gasteiger partial charge in [-0.1, -0.05) is 39.7 Å². The van der Waals surface area contributed by atoms with Crippen molar-refractivity contribution in [1.29, 1.82) is 0 Å². The van der Waals surface area contributed by atoms with Gasteiger partial charge in [0.1, 0.15) is 0 Å². The number of halogens is 1. The van der Waals surface area contributed by atoms with Gasteiger partial charge in [-0.25, -0.2) is 4.79 Å². The second-order valence-electron chi connectivity index (χ2n) is 3.19. The van der Waals surface area contributed by atoms with Crippen LogP contribution in [0, 0.1) is 6.92 Å². The molecule has 1 rings (SSSR count). The molecule has 0 amide bonds. The molecule has 1 aromatic rings. The van der Waals surface area contributed by atoms with Crippen molar-refractivity contribution in [3.8, 4) is 0 Å². The molecule has 2 nitrogen and oxygen atoms in total. The second kappa shape index (κ2) is 5.71. The molecule has 0 bridgehead atoms. The van der Waals surface area contributed by atoms with Gasteiger partial charge in [0.15, 0.2) is 0 Å². The second-order valence-corrected chi connectivity index (χ2v) is 3.75. The van der Waals surface area contributed by atoms with Crippen LogP contribution in [0.25, 0.3) is 6.08 Å². The molecule has 0 N–H and O–H groups in total. The zero-order chi connectivity index (χ0) is 11.3. The molecule has 80 valence electrons. The number of benzene rings is 1. The largest absolute Gasteiger partial charge is 0.466 e. The van der Waals surface area contributed by atoms with Gasteiger partial charge in [-0.2, -0.15) is 0 Å². The Hall–Kier alpha value is -1.09. The van der Waals surface area contributed by atoms with E-state index in [0.717, 1.165) is 16.5 Å². The Labute approximate surface area is 98.1 Å². The van der Waals surface area contributed by atoms with E-state index in [2.05, 4.69) is 26.7 Å².